The molecule has 1 aromatic carbocycles. The van der Waals surface area contributed by atoms with Gasteiger partial charge in [-0.3, -0.25) is 4.79 Å². The molecule has 0 radical (unpaired) electrons. The molecule has 0 aliphatic rings. The van der Waals surface area contributed by atoms with Gasteiger partial charge in [0.1, 0.15) is 5.25 Å². The van der Waals surface area contributed by atoms with Crippen LogP contribution in [-0.2, 0) is 11.2 Å². The molecule has 1 unspecified atom stereocenters. The molecule has 106 valence electrons. The molecule has 0 heterocycles. The van der Waals surface area contributed by atoms with Gasteiger partial charge in [0.15, 0.2) is 0 Å². The first-order chi connectivity index (χ1) is 9.24. The summed E-state index contributed by atoms with van der Waals surface area (Å²) in [5.41, 5.74) is 1.07. The van der Waals surface area contributed by atoms with Crippen molar-refractivity contribution in [3.63, 3.8) is 0 Å². The Hall–Kier alpha value is -1.00. The minimum atomic E-state index is -0.732. The van der Waals surface area contributed by atoms with Gasteiger partial charge < -0.3 is 10.2 Å². The number of carboxylic acids is 1. The van der Waals surface area contributed by atoms with Crippen LogP contribution in [-0.4, -0.2) is 33.8 Å². The van der Waals surface area contributed by atoms with Crippen molar-refractivity contribution in [2.75, 3.05) is 12.4 Å². The number of aliphatic hydroxyl groups excluding tert-OH is 1. The largest absolute Gasteiger partial charge is 0.480 e. The number of carbonyl (C=O) groups is 1. The highest BCUT2D eigenvalue weighted by Gasteiger charge is 2.17. The molecule has 0 spiro atoms. The Morgan fingerprint density at radius 1 is 1.11 bits per heavy atom. The molecule has 0 bridgehead atoms. The van der Waals surface area contributed by atoms with Crippen molar-refractivity contribution in [2.45, 2.75) is 37.4 Å². The minimum absolute atomic E-state index is 0.249. The van der Waals surface area contributed by atoms with Crippen LogP contribution in [0.5, 0.6) is 0 Å². The summed E-state index contributed by atoms with van der Waals surface area (Å²) in [7, 11) is 0. The van der Waals surface area contributed by atoms with Crippen LogP contribution in [0.3, 0.4) is 0 Å². The van der Waals surface area contributed by atoms with Crippen LogP contribution in [0.2, 0.25) is 0 Å². The fourth-order valence-electron chi connectivity index (χ4n) is 1.84. The number of aliphatic carboxylic acids is 1. The van der Waals surface area contributed by atoms with E-state index in [-0.39, 0.29) is 11.9 Å². The van der Waals surface area contributed by atoms with E-state index < -0.39 is 5.97 Å². The average Bonchev–Trinajstić information content (AvgIpc) is 2.42. The zero-order chi connectivity index (χ0) is 13.9. The first-order valence-electron chi connectivity index (χ1n) is 6.73. The van der Waals surface area contributed by atoms with Crippen LogP contribution in [0.1, 0.15) is 31.2 Å². The van der Waals surface area contributed by atoms with Crippen molar-refractivity contribution in [1.29, 1.82) is 0 Å². The predicted octanol–water partition coefficient (Wildman–Crippen LogP) is 2.97. The van der Waals surface area contributed by atoms with Crippen molar-refractivity contribution in [3.05, 3.63) is 35.9 Å². The summed E-state index contributed by atoms with van der Waals surface area (Å²) < 4.78 is 0. The molecule has 0 saturated heterocycles. The SMILES string of the molecule is O=C(O)C(Cc1ccccc1)SCCCCCCO. The van der Waals surface area contributed by atoms with Gasteiger partial charge >= 0.3 is 5.97 Å². The lowest BCUT2D eigenvalue weighted by molar-refractivity contribution is -0.136. The quantitative estimate of drug-likeness (QED) is 0.648. The van der Waals surface area contributed by atoms with E-state index in [2.05, 4.69) is 0 Å². The zero-order valence-corrected chi connectivity index (χ0v) is 11.9. The summed E-state index contributed by atoms with van der Waals surface area (Å²) >= 11 is 1.52. The van der Waals surface area contributed by atoms with E-state index in [0.29, 0.717) is 6.42 Å². The lowest BCUT2D eigenvalue weighted by Crippen LogP contribution is -2.19. The molecule has 1 aromatic rings. The fraction of sp³-hybridized carbons (Fsp3) is 0.533. The summed E-state index contributed by atoms with van der Waals surface area (Å²) in [6.07, 6.45) is 4.52. The molecule has 0 aliphatic carbocycles. The standard InChI is InChI=1S/C15H22O3S/c16-10-6-1-2-7-11-19-14(15(17)18)12-13-8-4-3-5-9-13/h3-5,8-9,14,16H,1-2,6-7,10-12H2,(H,17,18). The molecular formula is C15H22O3S. The Bertz CT molecular complexity index is 354. The number of hydrogen-bond acceptors (Lipinski definition) is 3. The van der Waals surface area contributed by atoms with Gasteiger partial charge in [0.2, 0.25) is 0 Å². The minimum Gasteiger partial charge on any atom is -0.480 e. The van der Waals surface area contributed by atoms with Crippen molar-refractivity contribution < 1.29 is 15.0 Å². The third-order valence-corrected chi connectivity index (χ3v) is 4.21. The highest BCUT2D eigenvalue weighted by atomic mass is 32.2. The summed E-state index contributed by atoms with van der Waals surface area (Å²) in [5, 5.41) is 17.5. The molecule has 3 nitrogen and oxygen atoms in total. The Kier molecular flexibility index (Phi) is 8.34. The first-order valence-corrected chi connectivity index (χ1v) is 7.78. The molecule has 1 rings (SSSR count). The van der Waals surface area contributed by atoms with E-state index in [1.54, 1.807) is 0 Å². The molecule has 0 aliphatic heterocycles. The van der Waals surface area contributed by atoms with Gasteiger partial charge in [0.05, 0.1) is 0 Å². The molecule has 4 heteroatoms. The molecule has 2 N–H and O–H groups in total. The van der Waals surface area contributed by atoms with Gasteiger partial charge in [0.25, 0.3) is 0 Å². The van der Waals surface area contributed by atoms with E-state index in [4.69, 9.17) is 5.11 Å². The molecule has 0 amide bonds. The second-order valence-corrected chi connectivity index (χ2v) is 5.84. The highest BCUT2D eigenvalue weighted by Crippen LogP contribution is 2.19. The fourth-order valence-corrected chi connectivity index (χ4v) is 2.95. The maximum absolute atomic E-state index is 11.2. The highest BCUT2D eigenvalue weighted by molar-refractivity contribution is 8.00. The van der Waals surface area contributed by atoms with Crippen LogP contribution in [0, 0.1) is 0 Å². The second kappa shape index (κ2) is 9.87. The van der Waals surface area contributed by atoms with Gasteiger partial charge in [-0.05, 0) is 30.6 Å². The Labute approximate surface area is 119 Å². The number of hydrogen-bond donors (Lipinski definition) is 2. The van der Waals surface area contributed by atoms with E-state index in [9.17, 15) is 9.90 Å². The van der Waals surface area contributed by atoms with E-state index in [1.807, 2.05) is 30.3 Å². The smallest absolute Gasteiger partial charge is 0.316 e. The Morgan fingerprint density at radius 3 is 2.42 bits per heavy atom. The van der Waals surface area contributed by atoms with Crippen molar-refractivity contribution in [1.82, 2.24) is 0 Å². The van der Waals surface area contributed by atoms with Crippen LogP contribution in [0.25, 0.3) is 0 Å². The van der Waals surface area contributed by atoms with Crippen LogP contribution in [0.4, 0.5) is 0 Å². The van der Waals surface area contributed by atoms with Gasteiger partial charge in [-0.1, -0.05) is 43.2 Å². The lowest BCUT2D eigenvalue weighted by atomic mass is 10.1. The van der Waals surface area contributed by atoms with Crippen molar-refractivity contribution >= 4 is 17.7 Å². The number of benzene rings is 1. The van der Waals surface area contributed by atoms with E-state index in [1.165, 1.54) is 11.8 Å². The van der Waals surface area contributed by atoms with Crippen molar-refractivity contribution in [3.8, 4) is 0 Å². The number of unbranched alkanes of at least 4 members (excludes halogenated alkanes) is 3. The van der Waals surface area contributed by atoms with Crippen LogP contribution >= 0.6 is 11.8 Å². The second-order valence-electron chi connectivity index (χ2n) is 4.53. The molecule has 0 fully saturated rings. The Balaban J connectivity index is 2.27. The van der Waals surface area contributed by atoms with E-state index >= 15 is 0 Å². The normalized spacial score (nSPS) is 12.3. The summed E-state index contributed by atoms with van der Waals surface area (Å²) in [6, 6.07) is 9.75. The first kappa shape index (κ1) is 16.1. The maximum atomic E-state index is 11.2. The molecular weight excluding hydrogens is 260 g/mol. The number of carboxylic acid groups (broad SMARTS) is 1. The topological polar surface area (TPSA) is 57.5 Å². The van der Waals surface area contributed by atoms with Crippen molar-refractivity contribution in [2.24, 2.45) is 0 Å². The van der Waals surface area contributed by atoms with Gasteiger partial charge in [-0.15, -0.1) is 11.8 Å². The van der Waals surface area contributed by atoms with Gasteiger partial charge in [0, 0.05) is 6.61 Å². The van der Waals surface area contributed by atoms with Gasteiger partial charge in [-0.2, -0.15) is 0 Å². The zero-order valence-electron chi connectivity index (χ0n) is 11.1. The molecule has 19 heavy (non-hydrogen) atoms. The molecule has 0 aromatic heterocycles. The monoisotopic (exact) mass is 282 g/mol. The number of thioether (sulfide) groups is 1. The summed E-state index contributed by atoms with van der Waals surface area (Å²) in [4.78, 5) is 11.2. The predicted molar refractivity (Wildman–Crippen MR) is 79.6 cm³/mol. The maximum Gasteiger partial charge on any atom is 0.316 e. The lowest BCUT2D eigenvalue weighted by Gasteiger charge is -2.12. The molecule has 0 saturated carbocycles. The number of rotatable bonds is 10. The van der Waals surface area contributed by atoms with Crippen LogP contribution < -0.4 is 0 Å². The third kappa shape index (κ3) is 7.23. The number of aliphatic hydroxyl groups is 1. The molecule has 1 atom stereocenters. The summed E-state index contributed by atoms with van der Waals surface area (Å²) in [5.74, 6) is 0.138. The Morgan fingerprint density at radius 2 is 1.79 bits per heavy atom. The third-order valence-electron chi connectivity index (χ3n) is 2.91. The summed E-state index contributed by atoms with van der Waals surface area (Å²) in [6.45, 7) is 0.249. The van der Waals surface area contributed by atoms with E-state index in [0.717, 1.165) is 37.0 Å². The van der Waals surface area contributed by atoms with Crippen LogP contribution in [0.15, 0.2) is 30.3 Å². The average molecular weight is 282 g/mol. The van der Waals surface area contributed by atoms with Gasteiger partial charge in [-0.25, -0.2) is 0 Å².